The number of carbonyl (C=O) groups is 1. The van der Waals surface area contributed by atoms with Crippen LogP contribution in [0.2, 0.25) is 0 Å². The van der Waals surface area contributed by atoms with Gasteiger partial charge in [-0.15, -0.1) is 0 Å². The Morgan fingerprint density at radius 2 is 1.64 bits per heavy atom. The van der Waals surface area contributed by atoms with E-state index in [4.69, 9.17) is 4.74 Å². The highest BCUT2D eigenvalue weighted by atomic mass is 16.5. The summed E-state index contributed by atoms with van der Waals surface area (Å²) >= 11 is 0. The second-order valence-electron chi connectivity index (χ2n) is 6.39. The fraction of sp³-hybridized carbons (Fsp3) is 0.227. The Kier molecular flexibility index (Phi) is 5.03. The average Bonchev–Trinajstić information content (AvgIpc) is 2.58. The molecule has 1 amide bonds. The van der Waals surface area contributed by atoms with E-state index >= 15 is 0 Å². The molecular weight excluding hydrogens is 310 g/mol. The van der Waals surface area contributed by atoms with Gasteiger partial charge in [0.1, 0.15) is 5.75 Å². The molecule has 0 bridgehead atoms. The number of aryl methyl sites for hydroxylation is 2. The van der Waals surface area contributed by atoms with E-state index in [0.717, 1.165) is 27.6 Å². The van der Waals surface area contributed by atoms with Gasteiger partial charge in [-0.25, -0.2) is 0 Å². The Balaban J connectivity index is 1.75. The van der Waals surface area contributed by atoms with Gasteiger partial charge in [-0.05, 0) is 66.4 Å². The lowest BCUT2D eigenvalue weighted by molar-refractivity contribution is -0.122. The summed E-state index contributed by atoms with van der Waals surface area (Å²) < 4.78 is 5.95. The highest BCUT2D eigenvalue weighted by Crippen LogP contribution is 2.22. The number of hydrogen-bond donors (Lipinski definition) is 1. The number of rotatable bonds is 5. The van der Waals surface area contributed by atoms with Crippen LogP contribution in [0.25, 0.3) is 10.8 Å². The number of hydrogen-bond acceptors (Lipinski definition) is 2. The van der Waals surface area contributed by atoms with E-state index in [1.54, 1.807) is 0 Å². The van der Waals surface area contributed by atoms with Crippen molar-refractivity contribution in [2.24, 2.45) is 0 Å². The van der Waals surface area contributed by atoms with Gasteiger partial charge in [0.2, 0.25) is 0 Å². The number of carbonyl (C=O) groups excluding carboxylic acids is 1. The molecule has 0 aliphatic heterocycles. The van der Waals surface area contributed by atoms with Crippen LogP contribution in [0.3, 0.4) is 0 Å². The molecule has 0 saturated heterocycles. The molecule has 3 aromatic rings. The molecule has 3 aromatic carbocycles. The first kappa shape index (κ1) is 17.0. The summed E-state index contributed by atoms with van der Waals surface area (Å²) in [7, 11) is 0. The molecule has 0 spiro atoms. The average molecular weight is 333 g/mol. The van der Waals surface area contributed by atoms with Crippen LogP contribution in [0, 0.1) is 13.8 Å². The maximum absolute atomic E-state index is 12.6. The van der Waals surface area contributed by atoms with Gasteiger partial charge in [0, 0.05) is 5.69 Å². The molecule has 0 saturated carbocycles. The Labute approximate surface area is 148 Å². The summed E-state index contributed by atoms with van der Waals surface area (Å²) in [6.45, 7) is 5.99. The molecule has 0 unspecified atom stereocenters. The van der Waals surface area contributed by atoms with Crippen molar-refractivity contribution >= 4 is 22.4 Å². The van der Waals surface area contributed by atoms with Gasteiger partial charge in [-0.2, -0.15) is 0 Å². The monoisotopic (exact) mass is 333 g/mol. The van der Waals surface area contributed by atoms with Gasteiger partial charge in [0.05, 0.1) is 0 Å². The zero-order valence-electron chi connectivity index (χ0n) is 14.9. The zero-order chi connectivity index (χ0) is 17.8. The first-order valence-electron chi connectivity index (χ1n) is 8.60. The van der Waals surface area contributed by atoms with Crippen molar-refractivity contribution in [3.63, 3.8) is 0 Å². The van der Waals surface area contributed by atoms with Crippen LogP contribution < -0.4 is 10.1 Å². The third-order valence-electron chi connectivity index (χ3n) is 4.15. The minimum atomic E-state index is -0.526. The van der Waals surface area contributed by atoms with Crippen LogP contribution >= 0.6 is 0 Å². The van der Waals surface area contributed by atoms with E-state index in [-0.39, 0.29) is 5.91 Å². The van der Waals surface area contributed by atoms with Crippen LogP contribution in [0.5, 0.6) is 5.75 Å². The second-order valence-corrected chi connectivity index (χ2v) is 6.39. The Morgan fingerprint density at radius 3 is 2.32 bits per heavy atom. The van der Waals surface area contributed by atoms with Gasteiger partial charge in [-0.3, -0.25) is 4.79 Å². The van der Waals surface area contributed by atoms with Crippen molar-refractivity contribution in [1.82, 2.24) is 0 Å². The smallest absolute Gasteiger partial charge is 0.265 e. The number of ether oxygens (including phenoxy) is 1. The van der Waals surface area contributed by atoms with Crippen molar-refractivity contribution in [2.45, 2.75) is 33.3 Å². The standard InChI is InChI=1S/C22H23NO2/c1-4-21(22(24)23-19-12-15(2)11-16(3)13-19)25-20-10-9-17-7-5-6-8-18(17)14-20/h5-14,21H,4H2,1-3H3,(H,23,24)/t21-/m0/s1. The van der Waals surface area contributed by atoms with Crippen LogP contribution in [0.4, 0.5) is 5.69 Å². The molecule has 3 heteroatoms. The molecule has 0 heterocycles. The van der Waals surface area contributed by atoms with Crippen LogP contribution in [0.15, 0.2) is 60.7 Å². The molecule has 0 fully saturated rings. The molecule has 0 aliphatic carbocycles. The van der Waals surface area contributed by atoms with E-state index < -0.39 is 6.10 Å². The summed E-state index contributed by atoms with van der Waals surface area (Å²) in [4.78, 5) is 12.6. The Hall–Kier alpha value is -2.81. The first-order chi connectivity index (χ1) is 12.0. The maximum atomic E-state index is 12.6. The van der Waals surface area contributed by atoms with E-state index in [2.05, 4.69) is 17.4 Å². The largest absolute Gasteiger partial charge is 0.481 e. The number of amides is 1. The minimum absolute atomic E-state index is 0.124. The highest BCUT2D eigenvalue weighted by Gasteiger charge is 2.19. The topological polar surface area (TPSA) is 38.3 Å². The van der Waals surface area contributed by atoms with E-state index in [9.17, 15) is 4.79 Å². The number of benzene rings is 3. The summed E-state index contributed by atoms with van der Waals surface area (Å²) in [5, 5.41) is 5.22. The zero-order valence-corrected chi connectivity index (χ0v) is 14.9. The van der Waals surface area contributed by atoms with Gasteiger partial charge in [-0.1, -0.05) is 43.3 Å². The van der Waals surface area contributed by atoms with Crippen molar-refractivity contribution < 1.29 is 9.53 Å². The SMILES string of the molecule is CC[C@H](Oc1ccc2ccccc2c1)C(=O)Nc1cc(C)cc(C)c1. The molecule has 1 atom stereocenters. The van der Waals surface area contributed by atoms with Crippen LogP contribution in [-0.4, -0.2) is 12.0 Å². The summed E-state index contributed by atoms with van der Waals surface area (Å²) in [5.74, 6) is 0.585. The lowest BCUT2D eigenvalue weighted by Gasteiger charge is -2.18. The minimum Gasteiger partial charge on any atom is -0.481 e. The molecule has 25 heavy (non-hydrogen) atoms. The molecule has 1 N–H and O–H groups in total. The van der Waals surface area contributed by atoms with E-state index in [1.165, 1.54) is 0 Å². The number of anilines is 1. The van der Waals surface area contributed by atoms with Crippen molar-refractivity contribution in [3.8, 4) is 5.75 Å². The van der Waals surface area contributed by atoms with Gasteiger partial charge < -0.3 is 10.1 Å². The highest BCUT2D eigenvalue weighted by molar-refractivity contribution is 5.94. The first-order valence-corrected chi connectivity index (χ1v) is 8.60. The summed E-state index contributed by atoms with van der Waals surface area (Å²) in [6.07, 6.45) is 0.0747. The normalized spacial score (nSPS) is 12.0. The van der Waals surface area contributed by atoms with Gasteiger partial charge in [0.25, 0.3) is 5.91 Å². The van der Waals surface area contributed by atoms with Crippen molar-refractivity contribution in [2.75, 3.05) is 5.32 Å². The van der Waals surface area contributed by atoms with Crippen LogP contribution in [0.1, 0.15) is 24.5 Å². The molecule has 0 radical (unpaired) electrons. The number of nitrogens with one attached hydrogen (secondary N) is 1. The predicted octanol–water partition coefficient (Wildman–Crippen LogP) is 5.25. The second kappa shape index (κ2) is 7.39. The molecule has 3 rings (SSSR count). The predicted molar refractivity (Wildman–Crippen MR) is 103 cm³/mol. The molecule has 0 aromatic heterocycles. The molecular formula is C22H23NO2. The number of fused-ring (bicyclic) bond motifs is 1. The third-order valence-corrected chi connectivity index (χ3v) is 4.15. The third kappa shape index (κ3) is 4.18. The Morgan fingerprint density at radius 1 is 0.960 bits per heavy atom. The molecule has 3 nitrogen and oxygen atoms in total. The molecule has 128 valence electrons. The summed E-state index contributed by atoms with van der Waals surface area (Å²) in [6, 6.07) is 20.0. The molecule has 0 aliphatic rings. The lowest BCUT2D eigenvalue weighted by Crippen LogP contribution is -2.32. The fourth-order valence-electron chi connectivity index (χ4n) is 3.00. The van der Waals surface area contributed by atoms with E-state index in [0.29, 0.717) is 12.2 Å². The van der Waals surface area contributed by atoms with Crippen molar-refractivity contribution in [1.29, 1.82) is 0 Å². The van der Waals surface area contributed by atoms with Crippen molar-refractivity contribution in [3.05, 3.63) is 71.8 Å². The quantitative estimate of drug-likeness (QED) is 0.692. The maximum Gasteiger partial charge on any atom is 0.265 e. The van der Waals surface area contributed by atoms with E-state index in [1.807, 2.05) is 69.3 Å². The summed E-state index contributed by atoms with van der Waals surface area (Å²) in [5.41, 5.74) is 3.06. The van der Waals surface area contributed by atoms with Gasteiger partial charge >= 0.3 is 0 Å². The van der Waals surface area contributed by atoms with Gasteiger partial charge in [0.15, 0.2) is 6.10 Å². The van der Waals surface area contributed by atoms with Crippen LogP contribution in [-0.2, 0) is 4.79 Å². The Bertz CT molecular complexity index is 881. The fourth-order valence-corrected chi connectivity index (χ4v) is 3.00. The lowest BCUT2D eigenvalue weighted by atomic mass is 10.1.